The average Bonchev–Trinajstić information content (AvgIpc) is 3.16. The fourth-order valence-electron chi connectivity index (χ4n) is 2.66. The van der Waals surface area contributed by atoms with Crippen LogP contribution in [-0.4, -0.2) is 36.4 Å². The summed E-state index contributed by atoms with van der Waals surface area (Å²) in [5, 5.41) is 4.86. The average molecular weight is 373 g/mol. The molecule has 3 aromatic heterocycles. The van der Waals surface area contributed by atoms with Crippen LogP contribution in [0.3, 0.4) is 0 Å². The summed E-state index contributed by atoms with van der Waals surface area (Å²) >= 11 is 0. The van der Waals surface area contributed by atoms with Crippen molar-refractivity contribution in [2.24, 2.45) is 0 Å². The van der Waals surface area contributed by atoms with Crippen molar-refractivity contribution in [1.82, 2.24) is 14.6 Å². The minimum Gasteiger partial charge on any atom is -0.496 e. The van der Waals surface area contributed by atoms with Gasteiger partial charge in [-0.05, 0) is 25.1 Å². The number of hydrogen-bond acceptors (Lipinski definition) is 7. The van der Waals surface area contributed by atoms with Crippen LogP contribution >= 0.6 is 0 Å². The van der Waals surface area contributed by atoms with Gasteiger partial charge in [-0.15, -0.1) is 0 Å². The first kappa shape index (κ1) is 16.4. The van der Waals surface area contributed by atoms with E-state index in [4.69, 9.17) is 13.3 Å². The number of aryl methyl sites for hydroxylation is 1. The van der Waals surface area contributed by atoms with Gasteiger partial charge in [-0.1, -0.05) is 0 Å². The van der Waals surface area contributed by atoms with Gasteiger partial charge in [0, 0.05) is 12.1 Å². The molecule has 4 aromatic rings. The predicted molar refractivity (Wildman–Crippen MR) is 95.0 cm³/mol. The molecule has 26 heavy (non-hydrogen) atoms. The third-order valence-corrected chi connectivity index (χ3v) is 4.24. The van der Waals surface area contributed by atoms with E-state index in [0.29, 0.717) is 33.8 Å². The van der Waals surface area contributed by atoms with E-state index in [1.54, 1.807) is 22.8 Å². The predicted octanol–water partition coefficient (Wildman–Crippen LogP) is 2.80. The van der Waals surface area contributed by atoms with Gasteiger partial charge in [0.1, 0.15) is 17.0 Å². The first-order chi connectivity index (χ1) is 12.3. The number of hydrogen-bond donors (Lipinski definition) is 0. The van der Waals surface area contributed by atoms with Crippen LogP contribution in [0.15, 0.2) is 40.9 Å². The van der Waals surface area contributed by atoms with Gasteiger partial charge in [-0.3, -0.25) is 0 Å². The van der Waals surface area contributed by atoms with Crippen LogP contribution in [0.1, 0.15) is 5.69 Å². The molecule has 0 aliphatic rings. The molecule has 0 saturated carbocycles. The molecule has 4 rings (SSSR count). The van der Waals surface area contributed by atoms with Gasteiger partial charge in [-0.25, -0.2) is 9.50 Å². The molecule has 9 heteroatoms. The van der Waals surface area contributed by atoms with E-state index < -0.39 is 10.1 Å². The molecule has 0 atom stereocenters. The van der Waals surface area contributed by atoms with E-state index in [0.717, 1.165) is 11.9 Å². The third kappa shape index (κ3) is 2.97. The number of fused-ring (bicyclic) bond motifs is 2. The molecule has 0 fully saturated rings. The topological polar surface area (TPSA) is 95.9 Å². The van der Waals surface area contributed by atoms with Crippen molar-refractivity contribution in [2.45, 2.75) is 6.92 Å². The normalized spacial score (nSPS) is 12.0. The molecule has 0 bridgehead atoms. The Morgan fingerprint density at radius 3 is 2.73 bits per heavy atom. The second-order valence-electron chi connectivity index (χ2n) is 5.84. The Bertz CT molecular complexity index is 1240. The highest BCUT2D eigenvalue weighted by Crippen LogP contribution is 2.37. The zero-order valence-corrected chi connectivity index (χ0v) is 15.1. The molecule has 0 saturated heterocycles. The lowest BCUT2D eigenvalue weighted by Crippen LogP contribution is -2.06. The Balaban J connectivity index is 1.89. The lowest BCUT2D eigenvalue weighted by atomic mass is 10.2. The van der Waals surface area contributed by atoms with Crippen molar-refractivity contribution in [3.63, 3.8) is 0 Å². The summed E-state index contributed by atoms with van der Waals surface area (Å²) in [6.07, 6.45) is 2.73. The van der Waals surface area contributed by atoms with Gasteiger partial charge in [0.05, 0.1) is 30.6 Å². The van der Waals surface area contributed by atoms with Crippen molar-refractivity contribution in [2.75, 3.05) is 13.4 Å². The van der Waals surface area contributed by atoms with Crippen LogP contribution in [-0.2, 0) is 10.1 Å². The zero-order chi connectivity index (χ0) is 18.5. The van der Waals surface area contributed by atoms with E-state index in [9.17, 15) is 8.42 Å². The van der Waals surface area contributed by atoms with Crippen molar-refractivity contribution in [3.8, 4) is 23.0 Å². The molecular formula is C17H15N3O5S. The van der Waals surface area contributed by atoms with Gasteiger partial charge < -0.3 is 13.3 Å². The van der Waals surface area contributed by atoms with Crippen molar-refractivity contribution >= 4 is 26.7 Å². The molecule has 0 aliphatic carbocycles. The van der Waals surface area contributed by atoms with Crippen LogP contribution in [0, 0.1) is 6.92 Å². The molecule has 0 radical (unpaired) electrons. The summed E-state index contributed by atoms with van der Waals surface area (Å²) < 4.78 is 40.9. The fourth-order valence-corrected chi connectivity index (χ4v) is 3.12. The van der Waals surface area contributed by atoms with Gasteiger partial charge in [-0.2, -0.15) is 13.5 Å². The standard InChI is InChI=1S/C17H15N3O5S/c1-10-4-5-17-18-13(9-20(17)19-10)16-8-12-14(24-16)6-11(23-2)7-15(12)25-26(3,21)22/h4-9H,1-3H3. The van der Waals surface area contributed by atoms with Crippen LogP contribution in [0.5, 0.6) is 11.5 Å². The SMILES string of the molecule is COc1cc(OS(C)(=O)=O)c2cc(-c3cn4nc(C)ccc4n3)oc2c1. The Morgan fingerprint density at radius 1 is 1.19 bits per heavy atom. The maximum absolute atomic E-state index is 11.6. The maximum atomic E-state index is 11.6. The Hall–Kier alpha value is -3.07. The summed E-state index contributed by atoms with van der Waals surface area (Å²) in [4.78, 5) is 4.48. The van der Waals surface area contributed by atoms with Crippen molar-refractivity contribution in [3.05, 3.63) is 42.2 Å². The van der Waals surface area contributed by atoms with Crippen molar-refractivity contribution < 1.29 is 21.8 Å². The number of benzene rings is 1. The molecule has 0 aliphatic heterocycles. The number of imidazole rings is 1. The molecule has 8 nitrogen and oxygen atoms in total. The Kier molecular flexibility index (Phi) is 3.62. The summed E-state index contributed by atoms with van der Waals surface area (Å²) in [7, 11) is -2.22. The number of aromatic nitrogens is 3. The van der Waals surface area contributed by atoms with E-state index in [-0.39, 0.29) is 5.75 Å². The molecule has 1 aromatic carbocycles. The summed E-state index contributed by atoms with van der Waals surface area (Å²) in [6, 6.07) is 8.57. The minimum absolute atomic E-state index is 0.134. The first-order valence-corrected chi connectivity index (χ1v) is 9.48. The minimum atomic E-state index is -3.70. The lowest BCUT2D eigenvalue weighted by Gasteiger charge is -2.06. The Labute approximate surface area is 149 Å². The summed E-state index contributed by atoms with van der Waals surface area (Å²) in [5.74, 6) is 1.02. The second kappa shape index (κ2) is 5.73. The number of rotatable bonds is 4. The van der Waals surface area contributed by atoms with Gasteiger partial charge in [0.15, 0.2) is 17.2 Å². The molecule has 0 unspecified atom stereocenters. The summed E-state index contributed by atoms with van der Waals surface area (Å²) in [6.45, 7) is 1.89. The van der Waals surface area contributed by atoms with Gasteiger partial charge in [0.25, 0.3) is 0 Å². The van der Waals surface area contributed by atoms with E-state index >= 15 is 0 Å². The molecule has 134 valence electrons. The fraction of sp³-hybridized carbons (Fsp3) is 0.176. The highest BCUT2D eigenvalue weighted by molar-refractivity contribution is 7.86. The number of nitrogens with zero attached hydrogens (tertiary/aromatic N) is 3. The monoisotopic (exact) mass is 373 g/mol. The van der Waals surface area contributed by atoms with Crippen LogP contribution in [0.4, 0.5) is 0 Å². The summed E-state index contributed by atoms with van der Waals surface area (Å²) in [5.41, 5.74) is 2.54. The van der Waals surface area contributed by atoms with Gasteiger partial charge in [0.2, 0.25) is 0 Å². The molecule has 3 heterocycles. The number of ether oxygens (including phenoxy) is 1. The largest absolute Gasteiger partial charge is 0.496 e. The molecule has 0 spiro atoms. The molecular weight excluding hydrogens is 358 g/mol. The second-order valence-corrected chi connectivity index (χ2v) is 7.41. The first-order valence-electron chi connectivity index (χ1n) is 7.67. The van der Waals surface area contributed by atoms with Crippen LogP contribution in [0.25, 0.3) is 28.1 Å². The number of methoxy groups -OCH3 is 1. The molecule has 0 N–H and O–H groups in total. The van der Waals surface area contributed by atoms with Gasteiger partial charge >= 0.3 is 10.1 Å². The third-order valence-electron chi connectivity index (χ3n) is 3.76. The smallest absolute Gasteiger partial charge is 0.306 e. The lowest BCUT2D eigenvalue weighted by molar-refractivity contribution is 0.412. The van der Waals surface area contributed by atoms with Crippen LogP contribution in [0.2, 0.25) is 0 Å². The maximum Gasteiger partial charge on any atom is 0.306 e. The van der Waals surface area contributed by atoms with E-state index in [1.165, 1.54) is 13.2 Å². The van der Waals surface area contributed by atoms with E-state index in [2.05, 4.69) is 10.1 Å². The van der Waals surface area contributed by atoms with Crippen LogP contribution < -0.4 is 8.92 Å². The van der Waals surface area contributed by atoms with Crippen molar-refractivity contribution in [1.29, 1.82) is 0 Å². The van der Waals surface area contributed by atoms with E-state index in [1.807, 2.05) is 19.1 Å². The number of furan rings is 1. The highest BCUT2D eigenvalue weighted by atomic mass is 32.2. The highest BCUT2D eigenvalue weighted by Gasteiger charge is 2.17. The quantitative estimate of drug-likeness (QED) is 0.508. The Morgan fingerprint density at radius 2 is 2.00 bits per heavy atom. The zero-order valence-electron chi connectivity index (χ0n) is 14.3. The molecule has 0 amide bonds.